The first-order valence-electron chi connectivity index (χ1n) is 5.91. The molecule has 1 aromatic carbocycles. The molecule has 1 atom stereocenters. The van der Waals surface area contributed by atoms with Crippen molar-refractivity contribution in [1.82, 2.24) is 5.32 Å². The third-order valence-corrected chi connectivity index (χ3v) is 5.06. The molecule has 2 aromatic rings. The zero-order valence-electron chi connectivity index (χ0n) is 10.7. The smallest absolute Gasteiger partial charge is 0.119 e. The van der Waals surface area contributed by atoms with Gasteiger partial charge in [0, 0.05) is 21.9 Å². The molecule has 0 aliphatic rings. The highest BCUT2D eigenvalue weighted by Gasteiger charge is 2.09. The third kappa shape index (κ3) is 3.96. The summed E-state index contributed by atoms with van der Waals surface area (Å²) in [6.07, 6.45) is 0. The van der Waals surface area contributed by atoms with E-state index in [0.717, 1.165) is 21.1 Å². The molecular weight excluding hydrogens is 346 g/mol. The van der Waals surface area contributed by atoms with Gasteiger partial charge < -0.3 is 10.1 Å². The first-order valence-corrected chi connectivity index (χ1v) is 7.90. The molecule has 1 aromatic heterocycles. The number of nitrogens with one attached hydrogen (secondary N) is 1. The van der Waals surface area contributed by atoms with Crippen LogP contribution >= 0.6 is 38.9 Å². The second kappa shape index (κ2) is 6.75. The molecule has 1 unspecified atom stereocenters. The van der Waals surface area contributed by atoms with Gasteiger partial charge in [0.05, 0.1) is 11.4 Å². The van der Waals surface area contributed by atoms with Gasteiger partial charge in [-0.1, -0.05) is 27.5 Å². The van der Waals surface area contributed by atoms with Gasteiger partial charge in [-0.15, -0.1) is 11.3 Å². The van der Waals surface area contributed by atoms with Crippen LogP contribution in [0.1, 0.15) is 23.4 Å². The molecule has 0 spiro atoms. The van der Waals surface area contributed by atoms with Crippen molar-refractivity contribution in [2.75, 3.05) is 7.11 Å². The lowest BCUT2D eigenvalue weighted by molar-refractivity contribution is 0.413. The lowest BCUT2D eigenvalue weighted by atomic mass is 10.2. The van der Waals surface area contributed by atoms with E-state index in [2.05, 4.69) is 34.2 Å². The minimum atomic E-state index is 0.274. The average molecular weight is 361 g/mol. The number of thiophene rings is 1. The predicted octanol–water partition coefficient (Wildman–Crippen LogP) is 5.02. The highest BCUT2D eigenvalue weighted by atomic mass is 79.9. The molecule has 0 radical (unpaired) electrons. The fraction of sp³-hybridized carbons (Fsp3) is 0.286. The van der Waals surface area contributed by atoms with E-state index in [4.69, 9.17) is 16.3 Å². The number of methoxy groups -OCH3 is 1. The number of hydrogen-bond donors (Lipinski definition) is 1. The van der Waals surface area contributed by atoms with Crippen LogP contribution < -0.4 is 10.1 Å². The lowest BCUT2D eigenvalue weighted by Crippen LogP contribution is -2.17. The Morgan fingerprint density at radius 1 is 1.37 bits per heavy atom. The summed E-state index contributed by atoms with van der Waals surface area (Å²) in [5.41, 5.74) is 1.17. The van der Waals surface area contributed by atoms with Crippen LogP contribution in [-0.4, -0.2) is 7.11 Å². The largest absolute Gasteiger partial charge is 0.497 e. The molecule has 2 rings (SSSR count). The van der Waals surface area contributed by atoms with Crippen LogP contribution in [0.4, 0.5) is 0 Å². The standard InChI is InChI=1S/C14H15BrClNOS/c1-9(13-5-6-14(16)19-13)17-8-10-7-11(18-2)3-4-12(10)15/h3-7,9,17H,8H2,1-2H3. The molecule has 0 aliphatic heterocycles. The van der Waals surface area contributed by atoms with E-state index in [0.29, 0.717) is 0 Å². The first kappa shape index (κ1) is 14.9. The summed E-state index contributed by atoms with van der Waals surface area (Å²) >= 11 is 11.1. The Morgan fingerprint density at radius 3 is 2.79 bits per heavy atom. The maximum Gasteiger partial charge on any atom is 0.119 e. The summed E-state index contributed by atoms with van der Waals surface area (Å²) in [6, 6.07) is 10.2. The second-order valence-corrected chi connectivity index (χ2v) is 6.80. The number of ether oxygens (including phenoxy) is 1. The highest BCUT2D eigenvalue weighted by molar-refractivity contribution is 9.10. The van der Waals surface area contributed by atoms with Crippen molar-refractivity contribution < 1.29 is 4.74 Å². The Bertz CT molecular complexity index is 558. The lowest BCUT2D eigenvalue weighted by Gasteiger charge is -2.13. The van der Waals surface area contributed by atoms with Crippen molar-refractivity contribution in [2.45, 2.75) is 19.5 Å². The first-order chi connectivity index (χ1) is 9.10. The van der Waals surface area contributed by atoms with E-state index in [1.54, 1.807) is 18.4 Å². The molecule has 0 amide bonds. The summed E-state index contributed by atoms with van der Waals surface area (Å²) in [5, 5.41) is 3.49. The molecule has 1 heterocycles. The Kier molecular flexibility index (Phi) is 5.28. The average Bonchev–Trinajstić information content (AvgIpc) is 2.84. The van der Waals surface area contributed by atoms with E-state index >= 15 is 0 Å². The van der Waals surface area contributed by atoms with Crippen LogP contribution in [0.2, 0.25) is 4.34 Å². The second-order valence-electron chi connectivity index (χ2n) is 4.20. The molecule has 5 heteroatoms. The molecule has 0 saturated carbocycles. The van der Waals surface area contributed by atoms with Crippen molar-refractivity contribution in [3.63, 3.8) is 0 Å². The zero-order chi connectivity index (χ0) is 13.8. The fourth-order valence-electron chi connectivity index (χ4n) is 1.74. The monoisotopic (exact) mass is 359 g/mol. The van der Waals surface area contributed by atoms with Gasteiger partial charge in [-0.05, 0) is 42.8 Å². The van der Waals surface area contributed by atoms with Crippen molar-refractivity contribution in [1.29, 1.82) is 0 Å². The van der Waals surface area contributed by atoms with Gasteiger partial charge in [-0.25, -0.2) is 0 Å². The van der Waals surface area contributed by atoms with Crippen molar-refractivity contribution >= 4 is 38.9 Å². The SMILES string of the molecule is COc1ccc(Br)c(CNC(C)c2ccc(Cl)s2)c1. The van der Waals surface area contributed by atoms with E-state index in [1.165, 1.54) is 10.4 Å². The summed E-state index contributed by atoms with van der Waals surface area (Å²) in [5.74, 6) is 0.867. The van der Waals surface area contributed by atoms with Crippen molar-refractivity contribution in [2.24, 2.45) is 0 Å². The van der Waals surface area contributed by atoms with E-state index in [9.17, 15) is 0 Å². The minimum Gasteiger partial charge on any atom is -0.497 e. The van der Waals surface area contributed by atoms with Crippen LogP contribution in [0.5, 0.6) is 5.75 Å². The Labute approximate surface area is 130 Å². The summed E-state index contributed by atoms with van der Waals surface area (Å²) in [6.45, 7) is 2.91. The van der Waals surface area contributed by atoms with Crippen LogP contribution in [0.25, 0.3) is 0 Å². The number of benzene rings is 1. The van der Waals surface area contributed by atoms with Gasteiger partial charge >= 0.3 is 0 Å². The van der Waals surface area contributed by atoms with E-state index in [-0.39, 0.29) is 6.04 Å². The fourth-order valence-corrected chi connectivity index (χ4v) is 3.21. The molecule has 102 valence electrons. The quantitative estimate of drug-likeness (QED) is 0.808. The summed E-state index contributed by atoms with van der Waals surface area (Å²) in [4.78, 5) is 1.24. The molecule has 0 saturated heterocycles. The molecule has 19 heavy (non-hydrogen) atoms. The number of hydrogen-bond acceptors (Lipinski definition) is 3. The third-order valence-electron chi connectivity index (χ3n) is 2.87. The maximum atomic E-state index is 5.95. The Balaban J connectivity index is 2.02. The molecule has 0 bridgehead atoms. The van der Waals surface area contributed by atoms with Crippen molar-refractivity contribution in [3.8, 4) is 5.75 Å². The van der Waals surface area contributed by atoms with Crippen LogP contribution in [0.15, 0.2) is 34.8 Å². The minimum absolute atomic E-state index is 0.274. The Hall–Kier alpha value is -0.550. The Morgan fingerprint density at radius 2 is 2.16 bits per heavy atom. The van der Waals surface area contributed by atoms with Gasteiger partial charge in [0.2, 0.25) is 0 Å². The van der Waals surface area contributed by atoms with Gasteiger partial charge in [0.1, 0.15) is 5.75 Å². The molecule has 2 nitrogen and oxygen atoms in total. The molecular formula is C14H15BrClNOS. The van der Waals surface area contributed by atoms with E-state index < -0.39 is 0 Å². The van der Waals surface area contributed by atoms with Crippen LogP contribution in [0, 0.1) is 0 Å². The molecule has 0 aliphatic carbocycles. The topological polar surface area (TPSA) is 21.3 Å². The van der Waals surface area contributed by atoms with E-state index in [1.807, 2.05) is 24.3 Å². The van der Waals surface area contributed by atoms with Crippen molar-refractivity contribution in [3.05, 3.63) is 49.6 Å². The van der Waals surface area contributed by atoms with Gasteiger partial charge in [-0.3, -0.25) is 0 Å². The summed E-state index contributed by atoms with van der Waals surface area (Å²) in [7, 11) is 1.68. The number of halogens is 2. The maximum absolute atomic E-state index is 5.95. The zero-order valence-corrected chi connectivity index (χ0v) is 13.9. The molecule has 0 fully saturated rings. The molecule has 1 N–H and O–H groups in total. The predicted molar refractivity (Wildman–Crippen MR) is 85.3 cm³/mol. The highest BCUT2D eigenvalue weighted by Crippen LogP contribution is 2.28. The van der Waals surface area contributed by atoms with Crippen LogP contribution in [0.3, 0.4) is 0 Å². The van der Waals surface area contributed by atoms with Crippen LogP contribution in [-0.2, 0) is 6.54 Å². The van der Waals surface area contributed by atoms with Gasteiger partial charge in [0.15, 0.2) is 0 Å². The van der Waals surface area contributed by atoms with Gasteiger partial charge in [0.25, 0.3) is 0 Å². The number of rotatable bonds is 5. The van der Waals surface area contributed by atoms with Gasteiger partial charge in [-0.2, -0.15) is 0 Å². The summed E-state index contributed by atoms with van der Waals surface area (Å²) < 4.78 is 7.15. The normalized spacial score (nSPS) is 12.4.